The molecule has 0 saturated heterocycles. The third kappa shape index (κ3) is 3.53. The number of aliphatic hydroxyl groups is 1. The van der Waals surface area contributed by atoms with E-state index in [-0.39, 0.29) is 14.4 Å². The average Bonchev–Trinajstić information content (AvgIpc) is 2.92. The highest BCUT2D eigenvalue weighted by Crippen LogP contribution is 2.49. The molecule has 0 bridgehead atoms. The fourth-order valence-electron chi connectivity index (χ4n) is 3.27. The highest BCUT2D eigenvalue weighted by molar-refractivity contribution is 7.26. The molecule has 130 valence electrons. The summed E-state index contributed by atoms with van der Waals surface area (Å²) in [4.78, 5) is 0. The zero-order chi connectivity index (χ0) is 17.4. The molecule has 3 rings (SSSR count). The number of methoxy groups -OCH3 is 1. The molecule has 2 aromatic carbocycles. The van der Waals surface area contributed by atoms with E-state index in [0.717, 1.165) is 7.11 Å². The second kappa shape index (κ2) is 9.26. The molecule has 1 unspecified atom stereocenters. The van der Waals surface area contributed by atoms with Crippen molar-refractivity contribution in [2.75, 3.05) is 34.0 Å². The van der Waals surface area contributed by atoms with Gasteiger partial charge in [-0.3, -0.25) is 0 Å². The van der Waals surface area contributed by atoms with Crippen molar-refractivity contribution in [2.45, 2.75) is 12.3 Å². The first-order valence-corrected chi connectivity index (χ1v) is 8.77. The fourth-order valence-corrected chi connectivity index (χ4v) is 3.77. The van der Waals surface area contributed by atoms with E-state index in [2.05, 4.69) is 48.5 Å². The molecule has 0 saturated carbocycles. The van der Waals surface area contributed by atoms with Crippen LogP contribution in [0.25, 0.3) is 11.1 Å². The summed E-state index contributed by atoms with van der Waals surface area (Å²) in [6, 6.07) is 17.1. The minimum Gasteiger partial charge on any atom is -0.400 e. The van der Waals surface area contributed by atoms with Gasteiger partial charge in [-0.05, 0) is 29.2 Å². The Morgan fingerprint density at radius 2 is 1.42 bits per heavy atom. The summed E-state index contributed by atoms with van der Waals surface area (Å²) in [5, 5.41) is 7.00. The summed E-state index contributed by atoms with van der Waals surface area (Å²) in [7, 11) is 2.81. The Balaban J connectivity index is 0.00000100. The lowest BCUT2D eigenvalue weighted by Gasteiger charge is -2.30. The van der Waals surface area contributed by atoms with E-state index in [1.54, 1.807) is 7.11 Å². The number of ether oxygens (including phenoxy) is 1. The van der Waals surface area contributed by atoms with Gasteiger partial charge in [0.25, 0.3) is 0 Å². The van der Waals surface area contributed by atoms with Gasteiger partial charge >= 0.3 is 0 Å². The first-order valence-electron chi connectivity index (χ1n) is 7.95. The second-order valence-electron chi connectivity index (χ2n) is 5.41. The molecule has 4 nitrogen and oxygen atoms in total. The molecule has 1 aliphatic carbocycles. The van der Waals surface area contributed by atoms with E-state index in [1.165, 1.54) is 22.3 Å². The summed E-state index contributed by atoms with van der Waals surface area (Å²) >= 11 is 0. The van der Waals surface area contributed by atoms with Crippen LogP contribution in [-0.4, -0.2) is 39.1 Å². The third-order valence-corrected chi connectivity index (χ3v) is 4.82. The van der Waals surface area contributed by atoms with Crippen molar-refractivity contribution >= 4 is 9.03 Å². The van der Waals surface area contributed by atoms with Crippen LogP contribution in [0.2, 0.25) is 0 Å². The molecule has 0 aliphatic heterocycles. The fraction of sp³-hybridized carbons (Fsp3) is 0.368. The highest BCUT2D eigenvalue weighted by atomic mass is 31.1. The number of rotatable bonds is 7. The normalized spacial score (nSPS) is 14.2. The van der Waals surface area contributed by atoms with Gasteiger partial charge in [0.2, 0.25) is 0 Å². The van der Waals surface area contributed by atoms with Crippen LogP contribution in [0.1, 0.15) is 18.1 Å². The van der Waals surface area contributed by atoms with Gasteiger partial charge in [-0.1, -0.05) is 48.5 Å². The largest absolute Gasteiger partial charge is 0.400 e. The van der Waals surface area contributed by atoms with Gasteiger partial charge in [-0.15, -0.1) is 0 Å². The lowest BCUT2D eigenvalue weighted by molar-refractivity contribution is 0.115. The van der Waals surface area contributed by atoms with Gasteiger partial charge < -0.3 is 18.9 Å². The number of hydrogen-bond acceptors (Lipinski definition) is 4. The molecule has 2 aromatic rings. The smallest absolute Gasteiger partial charge is 0.155 e. The molecule has 0 radical (unpaired) electrons. The van der Waals surface area contributed by atoms with E-state index in [4.69, 9.17) is 18.9 Å². The van der Waals surface area contributed by atoms with Gasteiger partial charge in [-0.2, -0.15) is 0 Å². The van der Waals surface area contributed by atoms with Gasteiger partial charge in [-0.25, -0.2) is 0 Å². The van der Waals surface area contributed by atoms with Crippen LogP contribution in [0.15, 0.2) is 48.5 Å². The molecule has 24 heavy (non-hydrogen) atoms. The predicted octanol–water partition coefficient (Wildman–Crippen LogP) is 3.77. The summed E-state index contributed by atoms with van der Waals surface area (Å²) in [6.45, 7) is 3.80. The van der Waals surface area contributed by atoms with Crippen LogP contribution in [-0.2, 0) is 19.2 Å². The number of hydrogen-bond donors (Lipinski definition) is 1. The van der Waals surface area contributed by atoms with Crippen LogP contribution in [0.5, 0.6) is 0 Å². The number of aliphatic hydroxyl groups excluding tert-OH is 1. The lowest BCUT2D eigenvalue weighted by atomic mass is 9.80. The van der Waals surface area contributed by atoms with Gasteiger partial charge in [0.1, 0.15) is 0 Å². The lowest BCUT2D eigenvalue weighted by Crippen LogP contribution is -2.35. The molecule has 0 aromatic heterocycles. The van der Waals surface area contributed by atoms with Crippen molar-refractivity contribution in [2.24, 2.45) is 0 Å². The Morgan fingerprint density at radius 3 is 1.92 bits per heavy atom. The van der Waals surface area contributed by atoms with Gasteiger partial charge in [0.05, 0.1) is 25.2 Å². The molecular weight excluding hydrogens is 323 g/mol. The van der Waals surface area contributed by atoms with E-state index in [9.17, 15) is 0 Å². The maximum atomic E-state index is 7.00. The number of benzene rings is 2. The zero-order valence-corrected chi connectivity index (χ0v) is 15.4. The predicted molar refractivity (Wildman–Crippen MR) is 98.6 cm³/mol. The molecule has 5 heteroatoms. The van der Waals surface area contributed by atoms with Crippen molar-refractivity contribution in [3.05, 3.63) is 59.7 Å². The van der Waals surface area contributed by atoms with Crippen LogP contribution < -0.4 is 0 Å². The summed E-state index contributed by atoms with van der Waals surface area (Å²) < 4.78 is 16.8. The highest BCUT2D eigenvalue weighted by Gasteiger charge is 2.43. The number of fused-ring (bicyclic) bond motifs is 3. The summed E-state index contributed by atoms with van der Waals surface area (Å²) in [6.07, 6.45) is 0. The first-order chi connectivity index (χ1) is 11.8. The molecule has 1 aliphatic rings. The van der Waals surface area contributed by atoms with E-state index in [1.807, 2.05) is 6.92 Å². The minimum atomic E-state index is -0.258. The van der Waals surface area contributed by atoms with Crippen molar-refractivity contribution in [3.63, 3.8) is 0 Å². The summed E-state index contributed by atoms with van der Waals surface area (Å²) in [5.41, 5.74) is 4.85. The van der Waals surface area contributed by atoms with Crippen LogP contribution >= 0.6 is 9.03 Å². The average molecular weight is 348 g/mol. The summed E-state index contributed by atoms with van der Waals surface area (Å²) in [5.74, 6) is 0. The minimum absolute atomic E-state index is 0.0630. The molecular formula is C19H25O4P. The van der Waals surface area contributed by atoms with Crippen LogP contribution in [0.4, 0.5) is 0 Å². The van der Waals surface area contributed by atoms with Crippen LogP contribution in [0, 0.1) is 0 Å². The Morgan fingerprint density at radius 1 is 0.875 bits per heavy atom. The Hall–Kier alpha value is -1.29. The van der Waals surface area contributed by atoms with E-state index in [0.29, 0.717) is 19.8 Å². The maximum absolute atomic E-state index is 7.00. The molecule has 0 spiro atoms. The van der Waals surface area contributed by atoms with Gasteiger partial charge in [0, 0.05) is 14.2 Å². The molecule has 1 atom stereocenters. The zero-order valence-electron chi connectivity index (χ0n) is 14.4. The molecule has 1 N–H and O–H groups in total. The molecule has 0 fully saturated rings. The van der Waals surface area contributed by atoms with Crippen molar-refractivity contribution in [3.8, 4) is 11.1 Å². The molecule has 0 heterocycles. The van der Waals surface area contributed by atoms with Crippen LogP contribution in [0.3, 0.4) is 0 Å². The second-order valence-corrected chi connectivity index (χ2v) is 6.16. The third-order valence-electron chi connectivity index (χ3n) is 4.15. The standard InChI is InChI=1S/C18H21O3P.CH4O/c1-3-20-22-21-13-18(12-19-2)16-10-6-4-8-14(16)15-9-5-7-11-17(15)18;1-2/h4-11,22H,3,12-13H2,1-2H3;2H,1H3. The van der Waals surface area contributed by atoms with Crippen molar-refractivity contribution in [1.82, 2.24) is 0 Å². The monoisotopic (exact) mass is 348 g/mol. The van der Waals surface area contributed by atoms with E-state index < -0.39 is 0 Å². The first kappa shape index (κ1) is 19.0. The Labute approximate surface area is 145 Å². The maximum Gasteiger partial charge on any atom is 0.155 e. The van der Waals surface area contributed by atoms with Crippen molar-refractivity contribution in [1.29, 1.82) is 0 Å². The Kier molecular flexibility index (Phi) is 7.35. The van der Waals surface area contributed by atoms with Gasteiger partial charge in [0.15, 0.2) is 9.03 Å². The topological polar surface area (TPSA) is 47.9 Å². The van der Waals surface area contributed by atoms with Crippen molar-refractivity contribution < 1.29 is 18.9 Å². The SMILES string of the molecule is CCOPOCC1(COC)c2ccccc2-c2ccccc21.CO. The molecule has 0 amide bonds. The Bertz CT molecular complexity index is 599. The van der Waals surface area contributed by atoms with E-state index >= 15 is 0 Å². The quantitative estimate of drug-likeness (QED) is 0.611.